The van der Waals surface area contributed by atoms with Crippen molar-refractivity contribution >= 4 is 0 Å². The Hall–Kier alpha value is -0.446. The van der Waals surface area contributed by atoms with Gasteiger partial charge < -0.3 is 16.0 Å². The SMILES string of the molecule is CC1=[C-]C(C)(C)C(C)=C1C.CC=CC=CC.C[N-]C.C[N-]C.C[N-]C.[Ti+4]. The van der Waals surface area contributed by atoms with E-state index in [0.717, 1.165) is 0 Å². The Morgan fingerprint density at radius 2 is 1.00 bits per heavy atom. The number of hydrogen-bond donors (Lipinski definition) is 0. The largest absolute Gasteiger partial charge is 4.00 e. The maximum absolute atomic E-state index is 3.50. The fraction of sp³-hybridized carbons (Fsp3) is 0.636. The molecule has 0 spiro atoms. The van der Waals surface area contributed by atoms with E-state index in [-0.39, 0.29) is 27.1 Å². The molecule has 0 radical (unpaired) electrons. The molecule has 0 saturated carbocycles. The molecule has 0 atom stereocenters. The van der Waals surface area contributed by atoms with Gasteiger partial charge in [0.15, 0.2) is 0 Å². The Labute approximate surface area is 180 Å². The number of rotatable bonds is 1. The molecule has 3 nitrogen and oxygen atoms in total. The van der Waals surface area contributed by atoms with Crippen LogP contribution in [0.1, 0.15) is 48.5 Å². The zero-order chi connectivity index (χ0) is 20.9. The van der Waals surface area contributed by atoms with E-state index in [1.54, 1.807) is 42.3 Å². The van der Waals surface area contributed by atoms with Crippen molar-refractivity contribution in [2.45, 2.75) is 48.5 Å². The molecule has 1 rings (SSSR count). The maximum atomic E-state index is 3.50. The van der Waals surface area contributed by atoms with Gasteiger partial charge in [0.05, 0.1) is 0 Å². The Morgan fingerprint density at radius 3 is 1.08 bits per heavy atom. The van der Waals surface area contributed by atoms with Crippen molar-refractivity contribution in [2.24, 2.45) is 5.41 Å². The zero-order valence-electron chi connectivity index (χ0n) is 19.7. The van der Waals surface area contributed by atoms with Gasteiger partial charge in [0.1, 0.15) is 0 Å². The van der Waals surface area contributed by atoms with Crippen molar-refractivity contribution in [3.63, 3.8) is 0 Å². The van der Waals surface area contributed by atoms with Crippen molar-refractivity contribution in [3.05, 3.63) is 63.0 Å². The third-order valence-corrected chi connectivity index (χ3v) is 3.06. The van der Waals surface area contributed by atoms with Gasteiger partial charge in [-0.1, -0.05) is 57.4 Å². The minimum absolute atomic E-state index is 0. The van der Waals surface area contributed by atoms with Crippen LogP contribution in [-0.2, 0) is 21.7 Å². The molecule has 0 aromatic carbocycles. The fourth-order valence-electron chi connectivity index (χ4n) is 1.63. The van der Waals surface area contributed by atoms with Crippen LogP contribution in [0.3, 0.4) is 0 Å². The van der Waals surface area contributed by atoms with Gasteiger partial charge in [-0.2, -0.15) is 53.4 Å². The standard InChI is InChI=1S/C10H15.C6H10.3C2H6N.Ti/c1-7-6-10(4,5)9(3)8(7)2;1-3-5-6-4-2;3*1-3-2;/h1-5H3;3-6H,1-2H3;3*1-2H3;/q-1;;3*-1;+4. The van der Waals surface area contributed by atoms with E-state index in [4.69, 9.17) is 0 Å². The van der Waals surface area contributed by atoms with Crippen LogP contribution in [0.15, 0.2) is 41.0 Å². The predicted molar refractivity (Wildman–Crippen MR) is 120 cm³/mol. The minimum Gasteiger partial charge on any atom is -0.668 e. The molecule has 0 unspecified atom stereocenters. The summed E-state index contributed by atoms with van der Waals surface area (Å²) in [4.78, 5) is 0. The van der Waals surface area contributed by atoms with Crippen LogP contribution in [0.2, 0.25) is 0 Å². The van der Waals surface area contributed by atoms with Crippen LogP contribution in [0.25, 0.3) is 16.0 Å². The maximum Gasteiger partial charge on any atom is 4.00 e. The Balaban J connectivity index is -0.0000000795. The molecule has 0 aromatic rings. The molecule has 0 aromatic heterocycles. The second-order valence-corrected chi connectivity index (χ2v) is 6.02. The molecule has 0 bridgehead atoms. The van der Waals surface area contributed by atoms with Crippen molar-refractivity contribution in [2.75, 3.05) is 42.3 Å². The molecular formula is C22H43N3Ti. The van der Waals surface area contributed by atoms with Gasteiger partial charge in [-0.05, 0) is 13.8 Å². The zero-order valence-corrected chi connectivity index (χ0v) is 21.2. The van der Waals surface area contributed by atoms with Crippen LogP contribution < -0.4 is 0 Å². The summed E-state index contributed by atoms with van der Waals surface area (Å²) in [5.41, 5.74) is 4.39. The van der Waals surface area contributed by atoms with Crippen LogP contribution >= 0.6 is 0 Å². The molecule has 0 heterocycles. The summed E-state index contributed by atoms with van der Waals surface area (Å²) in [5.74, 6) is 0. The first-order chi connectivity index (χ1) is 11.6. The van der Waals surface area contributed by atoms with Gasteiger partial charge in [-0.15, -0.1) is 6.92 Å². The van der Waals surface area contributed by atoms with Crippen LogP contribution in [-0.4, -0.2) is 42.3 Å². The van der Waals surface area contributed by atoms with E-state index in [1.165, 1.54) is 16.7 Å². The van der Waals surface area contributed by atoms with E-state index in [9.17, 15) is 0 Å². The molecule has 26 heavy (non-hydrogen) atoms. The Kier molecular flexibility index (Phi) is 37.6. The van der Waals surface area contributed by atoms with Crippen molar-refractivity contribution in [3.8, 4) is 0 Å². The molecule has 0 N–H and O–H groups in total. The molecule has 4 heteroatoms. The number of allylic oxidation sites excluding steroid dienone is 8. The number of nitrogens with zero attached hydrogens (tertiary/aromatic N) is 3. The first-order valence-electron chi connectivity index (χ1n) is 8.59. The molecule has 0 aliphatic heterocycles. The van der Waals surface area contributed by atoms with E-state index in [1.807, 2.05) is 38.2 Å². The molecule has 0 saturated heterocycles. The summed E-state index contributed by atoms with van der Waals surface area (Å²) in [6, 6.07) is 0. The van der Waals surface area contributed by atoms with Crippen molar-refractivity contribution in [1.29, 1.82) is 0 Å². The first kappa shape index (κ1) is 36.5. The predicted octanol–water partition coefficient (Wildman–Crippen LogP) is 7.11. The second kappa shape index (κ2) is 26.8. The summed E-state index contributed by atoms with van der Waals surface area (Å²) in [7, 11) is 10.5. The van der Waals surface area contributed by atoms with Gasteiger partial charge in [-0.3, -0.25) is 6.08 Å². The molecule has 150 valence electrons. The van der Waals surface area contributed by atoms with E-state index >= 15 is 0 Å². The smallest absolute Gasteiger partial charge is 0.668 e. The van der Waals surface area contributed by atoms with Gasteiger partial charge in [-0.25, -0.2) is 5.57 Å². The van der Waals surface area contributed by atoms with Crippen LogP contribution in [0, 0.1) is 11.5 Å². The Morgan fingerprint density at radius 1 is 0.731 bits per heavy atom. The quantitative estimate of drug-likeness (QED) is 0.257. The monoisotopic (exact) mass is 397 g/mol. The van der Waals surface area contributed by atoms with Gasteiger partial charge >= 0.3 is 21.7 Å². The third-order valence-electron chi connectivity index (χ3n) is 3.06. The molecule has 1 aliphatic rings. The second-order valence-electron chi connectivity index (χ2n) is 6.02. The van der Waals surface area contributed by atoms with E-state index in [2.05, 4.69) is 56.6 Å². The normalized spacial score (nSPS) is 13.8. The average Bonchev–Trinajstić information content (AvgIpc) is 2.70. The minimum atomic E-state index is 0. The summed E-state index contributed by atoms with van der Waals surface area (Å²) >= 11 is 0. The van der Waals surface area contributed by atoms with E-state index < -0.39 is 0 Å². The van der Waals surface area contributed by atoms with Gasteiger partial charge in [0, 0.05) is 0 Å². The van der Waals surface area contributed by atoms with Gasteiger partial charge in [0.25, 0.3) is 0 Å². The summed E-state index contributed by atoms with van der Waals surface area (Å²) in [5, 5.41) is 10.5. The van der Waals surface area contributed by atoms with Crippen LogP contribution in [0.4, 0.5) is 0 Å². The summed E-state index contributed by atoms with van der Waals surface area (Å²) < 4.78 is 0. The topological polar surface area (TPSA) is 42.3 Å². The summed E-state index contributed by atoms with van der Waals surface area (Å²) in [6.45, 7) is 14.9. The first-order valence-corrected chi connectivity index (χ1v) is 8.59. The van der Waals surface area contributed by atoms with Gasteiger partial charge in [0.2, 0.25) is 0 Å². The fourth-order valence-corrected chi connectivity index (χ4v) is 1.63. The van der Waals surface area contributed by atoms with Crippen molar-refractivity contribution < 1.29 is 21.7 Å². The molecule has 0 fully saturated rings. The van der Waals surface area contributed by atoms with E-state index in [0.29, 0.717) is 0 Å². The Bertz CT molecular complexity index is 377. The molecular weight excluding hydrogens is 354 g/mol. The van der Waals surface area contributed by atoms with Crippen LogP contribution in [0.5, 0.6) is 0 Å². The number of hydrogen-bond acceptors (Lipinski definition) is 0. The molecule has 0 amide bonds. The average molecular weight is 397 g/mol. The molecule has 1 aliphatic carbocycles. The summed E-state index contributed by atoms with van der Waals surface area (Å²) in [6.07, 6.45) is 11.4. The third kappa shape index (κ3) is 25.8. The van der Waals surface area contributed by atoms with Crippen molar-refractivity contribution in [1.82, 2.24) is 0 Å².